The van der Waals surface area contributed by atoms with E-state index in [0.29, 0.717) is 51.1 Å². The number of aromatic hydroxyl groups is 1. The molecular formula is C51H46ClN7O5S. The molecule has 0 radical (unpaired) electrons. The number of para-hydroxylation sites is 1. The molecule has 2 aliphatic heterocycles. The minimum Gasteiger partial charge on any atom is -0.507 e. The Labute approximate surface area is 385 Å². The largest absolute Gasteiger partial charge is 0.507 e. The Bertz CT molecular complexity index is 3060. The lowest BCUT2D eigenvalue weighted by Gasteiger charge is -2.49. The molecule has 65 heavy (non-hydrogen) atoms. The number of aryl methyl sites for hydroxylation is 2. The van der Waals surface area contributed by atoms with Crippen LogP contribution in [-0.2, 0) is 32.6 Å². The van der Waals surface area contributed by atoms with E-state index in [2.05, 4.69) is 16.8 Å². The highest BCUT2D eigenvalue weighted by Gasteiger charge is 2.68. The number of phenols is 1. The van der Waals surface area contributed by atoms with E-state index in [-0.39, 0.29) is 30.4 Å². The van der Waals surface area contributed by atoms with Gasteiger partial charge >= 0.3 is 0 Å². The van der Waals surface area contributed by atoms with Gasteiger partial charge in [0.05, 0.1) is 45.1 Å². The van der Waals surface area contributed by atoms with E-state index in [0.717, 1.165) is 31.8 Å². The molecule has 2 saturated heterocycles. The maximum atomic E-state index is 15.4. The molecule has 4 aliphatic rings. The summed E-state index contributed by atoms with van der Waals surface area (Å²) >= 11 is 7.92. The van der Waals surface area contributed by atoms with E-state index in [9.17, 15) is 14.7 Å². The summed E-state index contributed by atoms with van der Waals surface area (Å²) in [5.74, 6) is -4.88. The van der Waals surface area contributed by atoms with Crippen LogP contribution in [0.1, 0.15) is 42.4 Å². The van der Waals surface area contributed by atoms with Gasteiger partial charge in [-0.3, -0.25) is 28.8 Å². The maximum absolute atomic E-state index is 15.4. The summed E-state index contributed by atoms with van der Waals surface area (Å²) in [7, 11) is 5.65. The van der Waals surface area contributed by atoms with Crippen LogP contribution < -0.4 is 14.7 Å². The molecule has 0 bridgehead atoms. The number of thiophene rings is 1. The van der Waals surface area contributed by atoms with Gasteiger partial charge in [0.1, 0.15) is 17.3 Å². The number of hydrogen-bond acceptors (Lipinski definition) is 10. The molecule has 1 saturated carbocycles. The molecule has 14 heteroatoms. The Hall–Kier alpha value is -6.70. The number of nitrogens with zero attached hydrogens (tertiary/aromatic N) is 7. The fourth-order valence-corrected chi connectivity index (χ4v) is 12.1. The Morgan fingerprint density at radius 1 is 0.923 bits per heavy atom. The first-order chi connectivity index (χ1) is 31.2. The van der Waals surface area contributed by atoms with Crippen LogP contribution in [0.5, 0.6) is 5.75 Å². The summed E-state index contributed by atoms with van der Waals surface area (Å²) in [4.78, 5) is 65.0. The average molecular weight is 904 g/mol. The number of halogens is 1. The van der Waals surface area contributed by atoms with Crippen LogP contribution in [0.15, 0.2) is 126 Å². The molecule has 6 atom stereocenters. The van der Waals surface area contributed by atoms with E-state index in [1.54, 1.807) is 65.5 Å². The number of carbonyl (C=O) groups excluding carboxylic acids is 4. The molecule has 4 amide bonds. The van der Waals surface area contributed by atoms with E-state index >= 15 is 9.59 Å². The molecule has 1 N–H and O–H groups in total. The minimum atomic E-state index is -1.37. The van der Waals surface area contributed by atoms with Crippen molar-refractivity contribution < 1.29 is 24.3 Å². The van der Waals surface area contributed by atoms with Crippen LogP contribution >= 0.6 is 22.9 Å². The summed E-state index contributed by atoms with van der Waals surface area (Å²) in [5.41, 5.74) is 4.83. The summed E-state index contributed by atoms with van der Waals surface area (Å²) < 4.78 is 2.60. The molecule has 0 spiro atoms. The van der Waals surface area contributed by atoms with Gasteiger partial charge < -0.3 is 10.0 Å². The summed E-state index contributed by atoms with van der Waals surface area (Å²) in [5, 5.41) is 27.2. The Morgan fingerprint density at radius 3 is 2.32 bits per heavy atom. The van der Waals surface area contributed by atoms with Gasteiger partial charge in [0.2, 0.25) is 23.6 Å². The quantitative estimate of drug-likeness (QED) is 0.0865. The second-order valence-corrected chi connectivity index (χ2v) is 19.3. The monoisotopic (exact) mass is 903 g/mol. The van der Waals surface area contributed by atoms with Crippen molar-refractivity contribution in [1.82, 2.24) is 9.78 Å². The second kappa shape index (κ2) is 15.8. The number of anilines is 3. The number of rotatable bonds is 9. The zero-order chi connectivity index (χ0) is 45.6. The topological polar surface area (TPSA) is 141 Å². The van der Waals surface area contributed by atoms with E-state index in [1.165, 1.54) is 9.80 Å². The number of carbonyl (C=O) groups is 4. The Balaban J connectivity index is 1.01. The van der Waals surface area contributed by atoms with Crippen LogP contribution in [-0.4, -0.2) is 52.6 Å². The molecule has 3 fully saturated rings. The minimum absolute atomic E-state index is 0.0150. The second-order valence-electron chi connectivity index (χ2n) is 17.9. The first-order valence-electron chi connectivity index (χ1n) is 21.6. The highest BCUT2D eigenvalue weighted by molar-refractivity contribution is 7.22. The molecule has 328 valence electrons. The number of hydrogen-bond donors (Lipinski definition) is 1. The van der Waals surface area contributed by atoms with Crippen LogP contribution in [0.3, 0.4) is 0 Å². The third kappa shape index (κ3) is 6.57. The van der Waals surface area contributed by atoms with Crippen molar-refractivity contribution >= 4 is 85.2 Å². The number of allylic oxidation sites excluding steroid dienone is 3. The zero-order valence-corrected chi connectivity index (χ0v) is 38.1. The highest BCUT2D eigenvalue weighted by atomic mass is 35.5. The number of imide groups is 2. The number of aromatic nitrogens is 2. The molecule has 2 aromatic heterocycles. The average Bonchev–Trinajstić information content (AvgIpc) is 3.97. The number of benzene rings is 4. The van der Waals surface area contributed by atoms with Crippen LogP contribution in [0.2, 0.25) is 5.02 Å². The number of amides is 4. The highest BCUT2D eigenvalue weighted by Crippen LogP contribution is 2.65. The van der Waals surface area contributed by atoms with Crippen LogP contribution in [0.25, 0.3) is 20.7 Å². The third-order valence-electron chi connectivity index (χ3n) is 14.1. The Morgan fingerprint density at radius 2 is 1.63 bits per heavy atom. The maximum Gasteiger partial charge on any atom is 0.242 e. The van der Waals surface area contributed by atoms with Gasteiger partial charge in [-0.2, -0.15) is 15.3 Å². The molecule has 4 heterocycles. The van der Waals surface area contributed by atoms with Crippen molar-refractivity contribution in [1.29, 1.82) is 0 Å². The van der Waals surface area contributed by atoms with Crippen LogP contribution in [0.4, 0.5) is 28.6 Å². The first kappa shape index (κ1) is 42.3. The number of fused-ring (bicyclic) bond motifs is 5. The number of phenolic OH excluding ortho intramolecular Hbond substituents is 1. The van der Waals surface area contributed by atoms with Gasteiger partial charge in [-0.1, -0.05) is 47.5 Å². The van der Waals surface area contributed by atoms with Crippen molar-refractivity contribution in [2.45, 2.75) is 39.0 Å². The van der Waals surface area contributed by atoms with Crippen molar-refractivity contribution in [2.75, 3.05) is 28.8 Å². The molecule has 2 aliphatic carbocycles. The summed E-state index contributed by atoms with van der Waals surface area (Å²) in [6.07, 6.45) is 4.49. The molecule has 4 aromatic carbocycles. The predicted octanol–water partition coefficient (Wildman–Crippen LogP) is 10.6. The normalized spacial score (nSPS) is 23.9. The standard InChI is InChI=1S/C51H46ClN7O5S/c1-7-9-28-10-8-11-36(45(28)60)44-34-21-22-35-43(49(63)58(47(35)61)33-19-15-31(16-20-33)54-53-30-13-17-32(18-14-30)56(4)5)38(34)25-39-48(62)59(50(64)51(39,44)3)42-26-40(55-57(42)6)46-27(2)37-24-29(52)12-23-41(37)65-46/h7-8,10-21,23-24,26,35,38-39,43-44,60H,1,9,22,25H2,2-6H3/t35-,38+,39-,43-,44+,51+/m0/s1. The Kier molecular flexibility index (Phi) is 10.3. The summed E-state index contributed by atoms with van der Waals surface area (Å²) in [6, 6.07) is 27.5. The van der Waals surface area contributed by atoms with Gasteiger partial charge in [0, 0.05) is 54.1 Å². The molecule has 0 unspecified atom stereocenters. The van der Waals surface area contributed by atoms with Crippen molar-refractivity contribution in [3.63, 3.8) is 0 Å². The molecule has 10 rings (SSSR count). The molecule has 6 aromatic rings. The van der Waals surface area contributed by atoms with E-state index in [4.69, 9.17) is 16.7 Å². The third-order valence-corrected chi connectivity index (χ3v) is 15.6. The lowest BCUT2D eigenvalue weighted by Crippen LogP contribution is -2.49. The van der Waals surface area contributed by atoms with E-state index in [1.807, 2.05) is 93.5 Å². The predicted molar refractivity (Wildman–Crippen MR) is 254 cm³/mol. The zero-order valence-electron chi connectivity index (χ0n) is 36.5. The van der Waals surface area contributed by atoms with Gasteiger partial charge in [-0.15, -0.1) is 17.9 Å². The number of azo groups is 1. The van der Waals surface area contributed by atoms with E-state index < -0.39 is 46.8 Å². The van der Waals surface area contributed by atoms with Crippen molar-refractivity contribution in [3.05, 3.63) is 137 Å². The SMILES string of the molecule is C=CCc1cccc([C@H]2C3=CC[C@@H]4C(=O)N(c5ccc(N=Nc6ccc(N(C)C)cc6)cc5)C(=O)[C@@H]4[C@@H]3C[C@H]3C(=O)N(c4cc(-c5sc6ccc(Cl)cc6c5C)nn4C)C(=O)[C@@]23C)c1O. The lowest BCUT2D eigenvalue weighted by molar-refractivity contribution is -0.131. The first-order valence-corrected chi connectivity index (χ1v) is 22.8. The summed E-state index contributed by atoms with van der Waals surface area (Å²) in [6.45, 7) is 7.70. The van der Waals surface area contributed by atoms with Gasteiger partial charge in [0.15, 0.2) is 0 Å². The van der Waals surface area contributed by atoms with Crippen LogP contribution in [0, 0.1) is 36.0 Å². The lowest BCUT2D eigenvalue weighted by atomic mass is 9.51. The van der Waals surface area contributed by atoms with Gasteiger partial charge in [-0.05, 0) is 122 Å². The smallest absolute Gasteiger partial charge is 0.242 e. The molecule has 12 nitrogen and oxygen atoms in total. The van der Waals surface area contributed by atoms with Gasteiger partial charge in [0.25, 0.3) is 0 Å². The fraction of sp³-hybridized carbons (Fsp3) is 0.275. The molecular weight excluding hydrogens is 858 g/mol. The fourth-order valence-electron chi connectivity index (χ4n) is 10.8. The van der Waals surface area contributed by atoms with Crippen molar-refractivity contribution in [3.8, 4) is 16.3 Å². The van der Waals surface area contributed by atoms with Crippen molar-refractivity contribution in [2.24, 2.45) is 46.4 Å². The van der Waals surface area contributed by atoms with Gasteiger partial charge in [-0.25, -0.2) is 4.90 Å².